The lowest BCUT2D eigenvalue weighted by molar-refractivity contribution is -0.384. The molecule has 3 aromatic rings. The van der Waals surface area contributed by atoms with Gasteiger partial charge in [0.2, 0.25) is 0 Å². The molecular formula is C23H25N5O3. The maximum atomic E-state index is 13.2. The molecule has 1 aliphatic rings. The smallest absolute Gasteiger partial charge is 0.270 e. The molecule has 1 amide bonds. The third kappa shape index (κ3) is 4.14. The van der Waals surface area contributed by atoms with Crippen LogP contribution in [0.3, 0.4) is 0 Å². The Balaban J connectivity index is 1.72. The summed E-state index contributed by atoms with van der Waals surface area (Å²) in [5.41, 5.74) is 2.50. The monoisotopic (exact) mass is 419 g/mol. The predicted molar refractivity (Wildman–Crippen MR) is 123 cm³/mol. The van der Waals surface area contributed by atoms with Crippen molar-refractivity contribution in [2.45, 2.75) is 19.3 Å². The van der Waals surface area contributed by atoms with Gasteiger partial charge in [0.25, 0.3) is 11.6 Å². The summed E-state index contributed by atoms with van der Waals surface area (Å²) in [5.74, 6) is -0.400. The van der Waals surface area contributed by atoms with Gasteiger partial charge in [-0.25, -0.2) is 0 Å². The second-order valence-electron chi connectivity index (χ2n) is 7.91. The summed E-state index contributed by atoms with van der Waals surface area (Å²) >= 11 is 0. The molecule has 0 atom stereocenters. The van der Waals surface area contributed by atoms with Crippen LogP contribution in [-0.2, 0) is 0 Å². The van der Waals surface area contributed by atoms with Crippen LogP contribution < -0.4 is 15.1 Å². The Labute approximate surface area is 180 Å². The third-order valence-electron chi connectivity index (χ3n) is 5.66. The van der Waals surface area contributed by atoms with E-state index >= 15 is 0 Å². The van der Waals surface area contributed by atoms with Crippen LogP contribution in [0.5, 0.6) is 0 Å². The molecule has 1 N–H and O–H groups in total. The van der Waals surface area contributed by atoms with Crippen LogP contribution in [0.2, 0.25) is 0 Å². The lowest BCUT2D eigenvalue weighted by Crippen LogP contribution is -2.29. The fourth-order valence-corrected chi connectivity index (χ4v) is 4.09. The minimum atomic E-state index is -0.497. The molecule has 8 nitrogen and oxygen atoms in total. The van der Waals surface area contributed by atoms with Crippen LogP contribution in [0.25, 0.3) is 10.8 Å². The maximum absolute atomic E-state index is 13.2. The molecule has 2 aromatic carbocycles. The van der Waals surface area contributed by atoms with Gasteiger partial charge in [0.1, 0.15) is 0 Å². The van der Waals surface area contributed by atoms with Crippen LogP contribution in [0.15, 0.2) is 48.8 Å². The van der Waals surface area contributed by atoms with E-state index in [-0.39, 0.29) is 11.3 Å². The van der Waals surface area contributed by atoms with E-state index < -0.39 is 10.8 Å². The van der Waals surface area contributed by atoms with Crippen LogP contribution in [0, 0.1) is 10.1 Å². The second-order valence-corrected chi connectivity index (χ2v) is 7.91. The molecule has 1 aliphatic heterocycles. The van der Waals surface area contributed by atoms with Gasteiger partial charge in [-0.15, -0.1) is 0 Å². The molecule has 0 aliphatic carbocycles. The molecule has 1 saturated heterocycles. The van der Waals surface area contributed by atoms with Crippen molar-refractivity contribution in [2.75, 3.05) is 42.3 Å². The number of nitrogens with zero attached hydrogens (tertiary/aromatic N) is 4. The van der Waals surface area contributed by atoms with Gasteiger partial charge in [-0.3, -0.25) is 19.9 Å². The molecule has 160 valence electrons. The number of hydrogen-bond donors (Lipinski definition) is 1. The number of non-ortho nitro benzene ring substituents is 1. The third-order valence-corrected chi connectivity index (χ3v) is 5.66. The molecule has 0 bridgehead atoms. The molecule has 4 rings (SSSR count). The SMILES string of the molecule is CN(C)c1ccc([N+](=O)[O-])cc1C(=O)Nc1ccc(N2CCCCC2)c2ccncc12. The number of aromatic nitrogens is 1. The van der Waals surface area contributed by atoms with Crippen molar-refractivity contribution in [2.24, 2.45) is 0 Å². The van der Waals surface area contributed by atoms with Crippen molar-refractivity contribution in [1.82, 2.24) is 4.98 Å². The fraction of sp³-hybridized carbons (Fsp3) is 0.304. The molecule has 8 heteroatoms. The zero-order valence-corrected chi connectivity index (χ0v) is 17.7. The summed E-state index contributed by atoms with van der Waals surface area (Å²) < 4.78 is 0. The molecule has 1 fully saturated rings. The Morgan fingerprint density at radius 1 is 1.10 bits per heavy atom. The van der Waals surface area contributed by atoms with Crippen LogP contribution in [0.1, 0.15) is 29.6 Å². The van der Waals surface area contributed by atoms with Crippen LogP contribution in [-0.4, -0.2) is 43.0 Å². The predicted octanol–water partition coefficient (Wildman–Crippen LogP) is 4.45. The largest absolute Gasteiger partial charge is 0.377 e. The zero-order chi connectivity index (χ0) is 22.0. The van der Waals surface area contributed by atoms with Crippen molar-refractivity contribution < 1.29 is 9.72 Å². The molecule has 0 unspecified atom stereocenters. The normalized spacial score (nSPS) is 13.8. The summed E-state index contributed by atoms with van der Waals surface area (Å²) in [4.78, 5) is 32.3. The second kappa shape index (κ2) is 8.59. The Morgan fingerprint density at radius 3 is 2.58 bits per heavy atom. The highest BCUT2D eigenvalue weighted by Crippen LogP contribution is 2.34. The number of hydrogen-bond acceptors (Lipinski definition) is 6. The minimum absolute atomic E-state index is 0.122. The first-order valence-electron chi connectivity index (χ1n) is 10.3. The number of benzene rings is 2. The van der Waals surface area contributed by atoms with Gasteiger partial charge in [0.05, 0.1) is 16.2 Å². The summed E-state index contributed by atoms with van der Waals surface area (Å²) in [7, 11) is 3.59. The van der Waals surface area contributed by atoms with E-state index in [2.05, 4.69) is 15.2 Å². The molecule has 2 heterocycles. The van der Waals surface area contributed by atoms with Gasteiger partial charge in [-0.1, -0.05) is 0 Å². The number of rotatable bonds is 5. The highest BCUT2D eigenvalue weighted by atomic mass is 16.6. The van der Waals surface area contributed by atoms with Crippen LogP contribution in [0.4, 0.5) is 22.7 Å². The van der Waals surface area contributed by atoms with E-state index in [0.717, 1.165) is 29.5 Å². The van der Waals surface area contributed by atoms with E-state index in [1.807, 2.05) is 18.2 Å². The van der Waals surface area contributed by atoms with Gasteiger partial charge in [-0.2, -0.15) is 0 Å². The summed E-state index contributed by atoms with van der Waals surface area (Å²) in [6.07, 6.45) is 7.10. The Hall–Kier alpha value is -3.68. The topological polar surface area (TPSA) is 91.6 Å². The Bertz CT molecular complexity index is 1140. The summed E-state index contributed by atoms with van der Waals surface area (Å²) in [5, 5.41) is 16.0. The van der Waals surface area contributed by atoms with Gasteiger partial charge < -0.3 is 15.1 Å². The summed E-state index contributed by atoms with van der Waals surface area (Å²) in [6, 6.07) is 10.2. The number of fused-ring (bicyclic) bond motifs is 1. The van der Waals surface area contributed by atoms with Crippen molar-refractivity contribution in [3.63, 3.8) is 0 Å². The fourth-order valence-electron chi connectivity index (χ4n) is 4.09. The molecule has 0 radical (unpaired) electrons. The molecular weight excluding hydrogens is 394 g/mol. The standard InChI is InChI=1S/C23H25N5O3/c1-26(2)21-8-6-16(28(30)31)14-18(21)23(29)25-20-7-9-22(27-12-4-3-5-13-27)17-10-11-24-15-19(17)20/h6-11,14-15H,3-5,12-13H2,1-2H3,(H,25,29). The molecule has 31 heavy (non-hydrogen) atoms. The summed E-state index contributed by atoms with van der Waals surface area (Å²) in [6.45, 7) is 2.03. The lowest BCUT2D eigenvalue weighted by atomic mass is 10.0. The van der Waals surface area contributed by atoms with Gasteiger partial charge >= 0.3 is 0 Å². The number of pyridine rings is 1. The Morgan fingerprint density at radius 2 is 1.87 bits per heavy atom. The number of nitrogens with one attached hydrogen (secondary N) is 1. The molecule has 0 saturated carbocycles. The van der Waals surface area contributed by atoms with E-state index in [1.54, 1.807) is 37.5 Å². The van der Waals surface area contributed by atoms with E-state index in [9.17, 15) is 14.9 Å². The number of piperidine rings is 1. The van der Waals surface area contributed by atoms with Crippen molar-refractivity contribution in [3.05, 3.63) is 64.5 Å². The number of anilines is 3. The van der Waals surface area contributed by atoms with E-state index in [0.29, 0.717) is 11.4 Å². The quantitative estimate of drug-likeness (QED) is 0.485. The van der Waals surface area contributed by atoms with Gasteiger partial charge in [-0.05, 0) is 43.5 Å². The maximum Gasteiger partial charge on any atom is 0.270 e. The van der Waals surface area contributed by atoms with Crippen molar-refractivity contribution >= 4 is 39.4 Å². The molecule has 1 aromatic heterocycles. The minimum Gasteiger partial charge on any atom is -0.377 e. The Kier molecular flexibility index (Phi) is 5.70. The number of nitro benzene ring substituents is 1. The first-order valence-corrected chi connectivity index (χ1v) is 10.3. The average molecular weight is 419 g/mol. The molecule has 0 spiro atoms. The first-order chi connectivity index (χ1) is 15.0. The lowest BCUT2D eigenvalue weighted by Gasteiger charge is -2.30. The average Bonchev–Trinajstić information content (AvgIpc) is 2.79. The van der Waals surface area contributed by atoms with Crippen LogP contribution >= 0.6 is 0 Å². The van der Waals surface area contributed by atoms with Crippen molar-refractivity contribution in [1.29, 1.82) is 0 Å². The number of nitro groups is 1. The first kappa shape index (κ1) is 20.6. The number of carbonyl (C=O) groups excluding carboxylic acids is 1. The zero-order valence-electron chi connectivity index (χ0n) is 17.7. The van der Waals surface area contributed by atoms with E-state index in [4.69, 9.17) is 0 Å². The van der Waals surface area contributed by atoms with Gasteiger partial charge in [0, 0.05) is 73.9 Å². The van der Waals surface area contributed by atoms with E-state index in [1.165, 1.54) is 31.4 Å². The van der Waals surface area contributed by atoms with Gasteiger partial charge in [0.15, 0.2) is 0 Å². The van der Waals surface area contributed by atoms with Crippen molar-refractivity contribution in [3.8, 4) is 0 Å². The number of carbonyl (C=O) groups is 1. The highest BCUT2D eigenvalue weighted by molar-refractivity contribution is 6.13. The number of amides is 1. The highest BCUT2D eigenvalue weighted by Gasteiger charge is 2.20.